The molecule has 0 amide bonds. The Morgan fingerprint density at radius 3 is 2.37 bits per heavy atom. The van der Waals surface area contributed by atoms with Crippen LogP contribution in [-0.4, -0.2) is 22.4 Å². The molecule has 0 bridgehead atoms. The summed E-state index contributed by atoms with van der Waals surface area (Å²) in [5, 5.41) is 0. The third kappa shape index (κ3) is 4.00. The molecule has 3 rings (SSSR count). The van der Waals surface area contributed by atoms with Gasteiger partial charge >= 0.3 is 5.97 Å². The van der Waals surface area contributed by atoms with Crippen LogP contribution in [0, 0.1) is 23.1 Å². The topological polar surface area (TPSA) is 62.5 Å². The zero-order valence-corrected chi connectivity index (χ0v) is 18.1. The largest absolute Gasteiger partial charge is 0.496 e. The maximum absolute atomic E-state index is 15.2. The van der Waals surface area contributed by atoms with Crippen molar-refractivity contribution >= 4 is 5.97 Å². The smallest absolute Gasteiger partial charge is 0.317 e. The first kappa shape index (κ1) is 21.7. The van der Waals surface area contributed by atoms with Gasteiger partial charge in [0.25, 0.3) is 5.56 Å². The number of methoxy groups -OCH3 is 1. The predicted molar refractivity (Wildman–Crippen MR) is 112 cm³/mol. The van der Waals surface area contributed by atoms with Gasteiger partial charge in [0, 0.05) is 18.7 Å². The SMILES string of the molecule is CC#Cc1cc(F)c(-c2c(OC(=O)C(C)(C)C)n3n(c2=O)CCCCC3)c(OC)c1. The Labute approximate surface area is 175 Å². The average Bonchev–Trinajstić information content (AvgIpc) is 2.84. The Bertz CT molecular complexity index is 1090. The molecule has 1 aliphatic heterocycles. The minimum absolute atomic E-state index is 0.000132. The standard InChI is InChI=1S/C23H27FN2O4/c1-6-10-15-13-16(24)18(17(14-15)29-5)19-20(27)25-11-8-7-9-12-26(25)21(19)30-22(28)23(2,3)4/h13-14H,7-9,11-12H2,1-5H3. The second-order valence-electron chi connectivity index (χ2n) is 8.34. The zero-order valence-electron chi connectivity index (χ0n) is 18.1. The van der Waals surface area contributed by atoms with E-state index >= 15 is 4.39 Å². The molecular formula is C23H27FN2O4. The highest BCUT2D eigenvalue weighted by molar-refractivity contribution is 5.82. The molecule has 0 atom stereocenters. The Balaban J connectivity index is 2.31. The molecule has 0 spiro atoms. The van der Waals surface area contributed by atoms with Crippen LogP contribution in [0.4, 0.5) is 4.39 Å². The maximum atomic E-state index is 15.2. The fourth-order valence-electron chi connectivity index (χ4n) is 3.47. The number of aromatic nitrogens is 2. The van der Waals surface area contributed by atoms with E-state index in [0.717, 1.165) is 19.3 Å². The van der Waals surface area contributed by atoms with E-state index in [1.807, 2.05) is 0 Å². The van der Waals surface area contributed by atoms with Crippen molar-refractivity contribution in [2.24, 2.45) is 5.41 Å². The third-order valence-electron chi connectivity index (χ3n) is 5.02. The summed E-state index contributed by atoms with van der Waals surface area (Å²) in [7, 11) is 1.40. The predicted octanol–water partition coefficient (Wildman–Crippen LogP) is 3.97. The van der Waals surface area contributed by atoms with E-state index in [0.29, 0.717) is 18.7 Å². The molecule has 0 unspecified atom stereocenters. The Morgan fingerprint density at radius 2 is 1.77 bits per heavy atom. The summed E-state index contributed by atoms with van der Waals surface area (Å²) < 4.78 is 29.6. The number of fused-ring (bicyclic) bond motifs is 1. The van der Waals surface area contributed by atoms with E-state index in [1.165, 1.54) is 17.9 Å². The number of rotatable bonds is 3. The number of carbonyl (C=O) groups excluding carboxylic acids is 1. The van der Waals surface area contributed by atoms with Gasteiger partial charge < -0.3 is 9.47 Å². The number of benzene rings is 1. The van der Waals surface area contributed by atoms with E-state index in [2.05, 4.69) is 11.8 Å². The lowest BCUT2D eigenvalue weighted by atomic mass is 9.97. The van der Waals surface area contributed by atoms with Crippen molar-refractivity contribution in [1.29, 1.82) is 0 Å². The lowest BCUT2D eigenvalue weighted by molar-refractivity contribution is -0.143. The minimum Gasteiger partial charge on any atom is -0.496 e. The molecule has 0 aliphatic carbocycles. The molecule has 0 saturated carbocycles. The fourth-order valence-corrected chi connectivity index (χ4v) is 3.47. The first-order valence-corrected chi connectivity index (χ1v) is 10.1. The fraction of sp³-hybridized carbons (Fsp3) is 0.478. The van der Waals surface area contributed by atoms with Crippen LogP contribution in [0.25, 0.3) is 11.1 Å². The number of halogens is 1. The van der Waals surface area contributed by atoms with Gasteiger partial charge in [-0.1, -0.05) is 5.92 Å². The van der Waals surface area contributed by atoms with E-state index in [9.17, 15) is 9.59 Å². The summed E-state index contributed by atoms with van der Waals surface area (Å²) in [4.78, 5) is 26.0. The summed E-state index contributed by atoms with van der Waals surface area (Å²) in [6.07, 6.45) is 2.61. The lowest BCUT2D eigenvalue weighted by Gasteiger charge is -2.19. The van der Waals surface area contributed by atoms with Crippen molar-refractivity contribution in [1.82, 2.24) is 9.36 Å². The normalized spacial score (nSPS) is 13.7. The summed E-state index contributed by atoms with van der Waals surface area (Å²) >= 11 is 0. The molecule has 1 aliphatic rings. The van der Waals surface area contributed by atoms with E-state index < -0.39 is 22.8 Å². The van der Waals surface area contributed by atoms with E-state index in [-0.39, 0.29) is 22.8 Å². The van der Waals surface area contributed by atoms with Gasteiger partial charge in [0.2, 0.25) is 5.88 Å². The first-order valence-electron chi connectivity index (χ1n) is 10.1. The second kappa shape index (κ2) is 8.39. The second-order valence-corrected chi connectivity index (χ2v) is 8.34. The van der Waals surface area contributed by atoms with Crippen LogP contribution in [0.5, 0.6) is 11.6 Å². The highest BCUT2D eigenvalue weighted by Gasteiger charge is 2.32. The highest BCUT2D eigenvalue weighted by Crippen LogP contribution is 2.39. The molecule has 0 fully saturated rings. The van der Waals surface area contributed by atoms with Crippen LogP contribution in [0.15, 0.2) is 16.9 Å². The van der Waals surface area contributed by atoms with Gasteiger partial charge in [-0.3, -0.25) is 14.3 Å². The van der Waals surface area contributed by atoms with Gasteiger partial charge in [-0.05, 0) is 59.1 Å². The van der Waals surface area contributed by atoms with Gasteiger partial charge in [-0.2, -0.15) is 0 Å². The van der Waals surface area contributed by atoms with Crippen LogP contribution in [0.3, 0.4) is 0 Å². The van der Waals surface area contributed by atoms with Gasteiger partial charge in [0.1, 0.15) is 17.1 Å². The summed E-state index contributed by atoms with van der Waals surface area (Å²) in [6, 6.07) is 2.84. The summed E-state index contributed by atoms with van der Waals surface area (Å²) in [5.41, 5.74) is -0.775. The average molecular weight is 414 g/mol. The minimum atomic E-state index is -0.788. The lowest BCUT2D eigenvalue weighted by Crippen LogP contribution is -2.27. The van der Waals surface area contributed by atoms with Crippen molar-refractivity contribution in [3.8, 4) is 34.6 Å². The van der Waals surface area contributed by atoms with Crippen LogP contribution < -0.4 is 15.0 Å². The van der Waals surface area contributed by atoms with Gasteiger partial charge in [0.15, 0.2) is 0 Å². The van der Waals surface area contributed by atoms with Gasteiger partial charge in [-0.25, -0.2) is 9.07 Å². The van der Waals surface area contributed by atoms with Gasteiger partial charge in [-0.15, -0.1) is 5.92 Å². The van der Waals surface area contributed by atoms with Crippen molar-refractivity contribution in [3.63, 3.8) is 0 Å². The number of hydrogen-bond acceptors (Lipinski definition) is 4. The molecule has 2 aromatic rings. The first-order chi connectivity index (χ1) is 14.2. The van der Waals surface area contributed by atoms with Crippen molar-refractivity contribution in [2.45, 2.75) is 60.0 Å². The van der Waals surface area contributed by atoms with Crippen molar-refractivity contribution in [2.75, 3.05) is 7.11 Å². The highest BCUT2D eigenvalue weighted by atomic mass is 19.1. The van der Waals surface area contributed by atoms with E-state index in [4.69, 9.17) is 9.47 Å². The number of esters is 1. The van der Waals surface area contributed by atoms with Crippen molar-refractivity contribution in [3.05, 3.63) is 33.9 Å². The quantitative estimate of drug-likeness (QED) is 0.563. The number of hydrogen-bond donors (Lipinski definition) is 0. The molecule has 1 aromatic heterocycles. The van der Waals surface area contributed by atoms with Crippen LogP contribution in [0.1, 0.15) is 52.5 Å². The maximum Gasteiger partial charge on any atom is 0.317 e. The zero-order chi connectivity index (χ0) is 22.1. The Morgan fingerprint density at radius 1 is 1.10 bits per heavy atom. The molecule has 1 aromatic carbocycles. The third-order valence-corrected chi connectivity index (χ3v) is 5.02. The molecule has 0 N–H and O–H groups in total. The number of ether oxygens (including phenoxy) is 2. The van der Waals surface area contributed by atoms with Crippen LogP contribution in [0.2, 0.25) is 0 Å². The molecule has 160 valence electrons. The molecule has 0 radical (unpaired) electrons. The Hall–Kier alpha value is -3.01. The molecule has 0 saturated heterocycles. The molecule has 30 heavy (non-hydrogen) atoms. The van der Waals surface area contributed by atoms with Crippen LogP contribution >= 0.6 is 0 Å². The monoisotopic (exact) mass is 414 g/mol. The summed E-state index contributed by atoms with van der Waals surface area (Å²) in [6.45, 7) is 7.82. The number of carbonyl (C=O) groups is 1. The Kier molecular flexibility index (Phi) is 6.06. The molecule has 2 heterocycles. The number of nitrogens with zero attached hydrogens (tertiary/aromatic N) is 2. The molecule has 6 nitrogen and oxygen atoms in total. The van der Waals surface area contributed by atoms with E-state index in [1.54, 1.807) is 38.4 Å². The van der Waals surface area contributed by atoms with Crippen molar-refractivity contribution < 1.29 is 18.7 Å². The van der Waals surface area contributed by atoms with Crippen LogP contribution in [-0.2, 0) is 17.9 Å². The summed E-state index contributed by atoms with van der Waals surface area (Å²) in [5.74, 6) is 4.60. The van der Waals surface area contributed by atoms with Gasteiger partial charge in [0.05, 0.1) is 18.1 Å². The molecular weight excluding hydrogens is 387 g/mol. The molecule has 7 heteroatoms.